The number of furan rings is 1. The molecule has 0 radical (unpaired) electrons. The minimum absolute atomic E-state index is 0.0263. The number of hydrogen-bond acceptors (Lipinski definition) is 3. The molecule has 1 N–H and O–H groups in total. The Morgan fingerprint density at radius 3 is 2.69 bits per heavy atom. The van der Waals surface area contributed by atoms with E-state index in [0.29, 0.717) is 17.2 Å². The third kappa shape index (κ3) is 4.29. The average Bonchev–Trinajstić information content (AvgIpc) is 3.08. The second kappa shape index (κ2) is 7.85. The number of rotatable bonds is 4. The van der Waals surface area contributed by atoms with Crippen molar-refractivity contribution < 1.29 is 9.21 Å². The SMILES string of the molecule is Cc1cccc(NC(=O)/C(C#N)=C\c2ccc(-c3cccc(Br)c3)o2)c1. The van der Waals surface area contributed by atoms with Crippen molar-refractivity contribution in [2.24, 2.45) is 0 Å². The van der Waals surface area contributed by atoms with E-state index in [0.717, 1.165) is 15.6 Å². The first-order valence-electron chi connectivity index (χ1n) is 7.91. The molecule has 0 atom stereocenters. The Balaban J connectivity index is 1.81. The summed E-state index contributed by atoms with van der Waals surface area (Å²) < 4.78 is 6.69. The van der Waals surface area contributed by atoms with Crippen molar-refractivity contribution in [1.29, 1.82) is 5.26 Å². The number of benzene rings is 2. The minimum atomic E-state index is -0.474. The number of hydrogen-bond donors (Lipinski definition) is 1. The quantitative estimate of drug-likeness (QED) is 0.455. The minimum Gasteiger partial charge on any atom is -0.457 e. The zero-order valence-corrected chi connectivity index (χ0v) is 15.6. The molecule has 26 heavy (non-hydrogen) atoms. The van der Waals surface area contributed by atoms with Crippen molar-refractivity contribution in [2.75, 3.05) is 5.32 Å². The number of carbonyl (C=O) groups excluding carboxylic acids is 1. The van der Waals surface area contributed by atoms with Crippen LogP contribution in [0.25, 0.3) is 17.4 Å². The highest BCUT2D eigenvalue weighted by atomic mass is 79.9. The number of nitriles is 1. The highest BCUT2D eigenvalue weighted by molar-refractivity contribution is 9.10. The van der Waals surface area contributed by atoms with E-state index in [1.54, 1.807) is 18.2 Å². The molecule has 0 aliphatic rings. The second-order valence-electron chi connectivity index (χ2n) is 5.71. The maximum absolute atomic E-state index is 12.3. The van der Waals surface area contributed by atoms with Gasteiger partial charge < -0.3 is 9.73 Å². The Bertz CT molecular complexity index is 1030. The fraction of sp³-hybridized carbons (Fsp3) is 0.0476. The molecule has 128 valence electrons. The summed E-state index contributed by atoms with van der Waals surface area (Å²) in [7, 11) is 0. The fourth-order valence-electron chi connectivity index (χ4n) is 2.44. The summed E-state index contributed by atoms with van der Waals surface area (Å²) >= 11 is 3.42. The largest absolute Gasteiger partial charge is 0.457 e. The van der Waals surface area contributed by atoms with Gasteiger partial charge in [-0.3, -0.25) is 4.79 Å². The van der Waals surface area contributed by atoms with E-state index in [2.05, 4.69) is 21.2 Å². The van der Waals surface area contributed by atoms with Crippen LogP contribution >= 0.6 is 15.9 Å². The normalized spacial score (nSPS) is 11.0. The van der Waals surface area contributed by atoms with Crippen LogP contribution in [0.5, 0.6) is 0 Å². The van der Waals surface area contributed by atoms with E-state index in [4.69, 9.17) is 4.42 Å². The van der Waals surface area contributed by atoms with Crippen molar-refractivity contribution in [3.8, 4) is 17.4 Å². The van der Waals surface area contributed by atoms with Crippen molar-refractivity contribution in [2.45, 2.75) is 6.92 Å². The van der Waals surface area contributed by atoms with Crippen molar-refractivity contribution in [1.82, 2.24) is 0 Å². The lowest BCUT2D eigenvalue weighted by Gasteiger charge is -2.04. The van der Waals surface area contributed by atoms with Crippen LogP contribution in [0.15, 0.2) is 75.1 Å². The van der Waals surface area contributed by atoms with Gasteiger partial charge in [-0.1, -0.05) is 40.2 Å². The maximum atomic E-state index is 12.3. The molecule has 1 heterocycles. The van der Waals surface area contributed by atoms with Gasteiger partial charge >= 0.3 is 0 Å². The highest BCUT2D eigenvalue weighted by Crippen LogP contribution is 2.26. The summed E-state index contributed by atoms with van der Waals surface area (Å²) in [5.74, 6) is 0.628. The Hall–Kier alpha value is -3.10. The Kier molecular flexibility index (Phi) is 5.35. The van der Waals surface area contributed by atoms with E-state index in [1.165, 1.54) is 6.08 Å². The van der Waals surface area contributed by atoms with Crippen LogP contribution in [0, 0.1) is 18.3 Å². The molecule has 0 saturated heterocycles. The third-order valence-electron chi connectivity index (χ3n) is 3.66. The van der Waals surface area contributed by atoms with Gasteiger partial charge in [-0.05, 0) is 48.9 Å². The molecule has 3 rings (SSSR count). The summed E-state index contributed by atoms with van der Waals surface area (Å²) in [6, 6.07) is 20.5. The summed E-state index contributed by atoms with van der Waals surface area (Å²) in [5, 5.41) is 12.0. The first kappa shape index (κ1) is 17.7. The second-order valence-corrected chi connectivity index (χ2v) is 6.62. The zero-order valence-electron chi connectivity index (χ0n) is 14.0. The van der Waals surface area contributed by atoms with Crippen molar-refractivity contribution >= 4 is 33.6 Å². The van der Waals surface area contributed by atoms with Crippen LogP contribution in [0.4, 0.5) is 5.69 Å². The van der Waals surface area contributed by atoms with Gasteiger partial charge in [0.2, 0.25) is 0 Å². The van der Waals surface area contributed by atoms with Crippen LogP contribution in [0.3, 0.4) is 0 Å². The van der Waals surface area contributed by atoms with E-state index < -0.39 is 5.91 Å². The number of amides is 1. The predicted octanol–water partition coefficient (Wildman–Crippen LogP) is 5.56. The van der Waals surface area contributed by atoms with E-state index in [9.17, 15) is 10.1 Å². The summed E-state index contributed by atoms with van der Waals surface area (Å²) in [6.07, 6.45) is 1.44. The molecule has 0 unspecified atom stereocenters. The van der Waals surface area contributed by atoms with Crippen LogP contribution in [-0.2, 0) is 4.79 Å². The molecule has 0 saturated carbocycles. The van der Waals surface area contributed by atoms with Crippen molar-refractivity contribution in [3.63, 3.8) is 0 Å². The number of anilines is 1. The lowest BCUT2D eigenvalue weighted by molar-refractivity contribution is -0.112. The van der Waals surface area contributed by atoms with E-state index in [-0.39, 0.29) is 5.57 Å². The van der Waals surface area contributed by atoms with Crippen LogP contribution in [0.2, 0.25) is 0 Å². The zero-order chi connectivity index (χ0) is 18.5. The molecule has 0 aliphatic carbocycles. The third-order valence-corrected chi connectivity index (χ3v) is 4.16. The standard InChI is InChI=1S/C21H15BrN2O2/c1-14-4-2-7-18(10-14)24-21(25)16(13-23)12-19-8-9-20(26-19)15-5-3-6-17(22)11-15/h2-12H,1H3,(H,24,25)/b16-12-. The Morgan fingerprint density at radius 1 is 1.15 bits per heavy atom. The van der Waals surface area contributed by atoms with Crippen LogP contribution < -0.4 is 5.32 Å². The monoisotopic (exact) mass is 406 g/mol. The van der Waals surface area contributed by atoms with Crippen molar-refractivity contribution in [3.05, 3.63) is 82.0 Å². The topological polar surface area (TPSA) is 66.0 Å². The molecule has 5 heteroatoms. The van der Waals surface area contributed by atoms with Gasteiger partial charge in [-0.2, -0.15) is 5.26 Å². The number of carbonyl (C=O) groups is 1. The molecule has 1 aromatic heterocycles. The maximum Gasteiger partial charge on any atom is 0.266 e. The number of nitrogens with one attached hydrogen (secondary N) is 1. The van der Waals surface area contributed by atoms with Crippen LogP contribution in [0.1, 0.15) is 11.3 Å². The van der Waals surface area contributed by atoms with Gasteiger partial charge in [-0.25, -0.2) is 0 Å². The van der Waals surface area contributed by atoms with Gasteiger partial charge in [0.1, 0.15) is 23.2 Å². The molecule has 3 aromatic rings. The first-order valence-corrected chi connectivity index (χ1v) is 8.70. The molecular formula is C21H15BrN2O2. The summed E-state index contributed by atoms with van der Waals surface area (Å²) in [6.45, 7) is 1.93. The highest BCUT2D eigenvalue weighted by Gasteiger charge is 2.11. The Morgan fingerprint density at radius 2 is 1.96 bits per heavy atom. The number of aryl methyl sites for hydroxylation is 1. The number of nitrogens with zero attached hydrogens (tertiary/aromatic N) is 1. The lowest BCUT2D eigenvalue weighted by atomic mass is 10.2. The predicted molar refractivity (Wildman–Crippen MR) is 105 cm³/mol. The molecule has 0 spiro atoms. The first-order chi connectivity index (χ1) is 12.5. The molecular weight excluding hydrogens is 392 g/mol. The molecule has 2 aromatic carbocycles. The van der Waals surface area contributed by atoms with E-state index in [1.807, 2.05) is 55.5 Å². The molecule has 4 nitrogen and oxygen atoms in total. The average molecular weight is 407 g/mol. The molecule has 0 fully saturated rings. The van der Waals surface area contributed by atoms with Gasteiger partial charge in [0.05, 0.1) is 0 Å². The van der Waals surface area contributed by atoms with E-state index >= 15 is 0 Å². The smallest absolute Gasteiger partial charge is 0.266 e. The van der Waals surface area contributed by atoms with Gasteiger partial charge in [0.15, 0.2) is 0 Å². The molecule has 1 amide bonds. The van der Waals surface area contributed by atoms with Gasteiger partial charge in [0.25, 0.3) is 5.91 Å². The van der Waals surface area contributed by atoms with Gasteiger partial charge in [-0.15, -0.1) is 0 Å². The molecule has 0 bridgehead atoms. The van der Waals surface area contributed by atoms with Gasteiger partial charge in [0, 0.05) is 21.8 Å². The summed E-state index contributed by atoms with van der Waals surface area (Å²) in [5.41, 5.74) is 2.55. The fourth-order valence-corrected chi connectivity index (χ4v) is 2.84. The molecule has 0 aliphatic heterocycles. The van der Waals surface area contributed by atoms with Crippen LogP contribution in [-0.4, -0.2) is 5.91 Å². The lowest BCUT2D eigenvalue weighted by Crippen LogP contribution is -2.13. The summed E-state index contributed by atoms with van der Waals surface area (Å²) in [4.78, 5) is 12.3. The number of halogens is 1. The Labute approximate surface area is 159 Å².